The lowest BCUT2D eigenvalue weighted by atomic mass is 10.0. The second kappa shape index (κ2) is 2.58. The normalized spacial score (nSPS) is 18.6. The third kappa shape index (κ3) is 0.930. The van der Waals surface area contributed by atoms with Gasteiger partial charge in [0.1, 0.15) is 5.65 Å². The molecule has 0 spiro atoms. The summed E-state index contributed by atoms with van der Waals surface area (Å²) in [5.74, 6) is 0. The van der Waals surface area contributed by atoms with Crippen LogP contribution in [0.3, 0.4) is 0 Å². The average molecular weight is 187 g/mol. The Kier molecular flexibility index (Phi) is 1.47. The minimum atomic E-state index is 0.236. The predicted molar refractivity (Wildman–Crippen MR) is 55.2 cm³/mol. The van der Waals surface area contributed by atoms with Gasteiger partial charge >= 0.3 is 0 Å². The number of hydrogen-bond donors (Lipinski definition) is 1. The van der Waals surface area contributed by atoms with Crippen LogP contribution < -0.4 is 5.73 Å². The Balaban J connectivity index is 2.25. The van der Waals surface area contributed by atoms with Gasteiger partial charge < -0.3 is 10.1 Å². The van der Waals surface area contributed by atoms with Crippen molar-refractivity contribution in [2.45, 2.75) is 18.3 Å². The monoisotopic (exact) mass is 187 g/mol. The first-order valence-electron chi connectivity index (χ1n) is 4.98. The predicted octanol–water partition coefficient (Wildman–Crippen LogP) is 1.32. The molecule has 2 aromatic rings. The number of imidazole rings is 1. The van der Waals surface area contributed by atoms with Gasteiger partial charge in [0.25, 0.3) is 0 Å². The lowest BCUT2D eigenvalue weighted by Crippen LogP contribution is -2.22. The first kappa shape index (κ1) is 8.00. The van der Waals surface area contributed by atoms with E-state index < -0.39 is 0 Å². The van der Waals surface area contributed by atoms with E-state index in [1.54, 1.807) is 0 Å². The molecular weight excluding hydrogens is 174 g/mol. The molecule has 0 bridgehead atoms. The zero-order valence-corrected chi connectivity index (χ0v) is 7.98. The van der Waals surface area contributed by atoms with Gasteiger partial charge in [0, 0.05) is 30.0 Å². The number of nitrogens with two attached hydrogens (primary N) is 1. The molecule has 0 aromatic carbocycles. The Bertz CT molecular complexity index is 468. The quantitative estimate of drug-likeness (QED) is 0.770. The van der Waals surface area contributed by atoms with E-state index in [9.17, 15) is 0 Å². The summed E-state index contributed by atoms with van der Waals surface area (Å²) in [6.45, 7) is 0.740. The van der Waals surface area contributed by atoms with Gasteiger partial charge in [0.05, 0.1) is 0 Å². The number of aromatic nitrogens is 2. The van der Waals surface area contributed by atoms with Crippen LogP contribution >= 0.6 is 0 Å². The standard InChI is InChI=1S/C11H13N3/c12-8-11(4-5-11)9-2-1-3-10-13-6-7-14(9)10/h1-3,6-7H,4-5,8,12H2. The molecule has 1 aliphatic carbocycles. The van der Waals surface area contributed by atoms with Crippen LogP contribution in [0.15, 0.2) is 30.6 Å². The van der Waals surface area contributed by atoms with Gasteiger partial charge in [-0.25, -0.2) is 4.98 Å². The van der Waals surface area contributed by atoms with Crippen molar-refractivity contribution in [2.75, 3.05) is 6.54 Å². The highest BCUT2D eigenvalue weighted by atomic mass is 15.0. The second-order valence-electron chi connectivity index (χ2n) is 4.05. The van der Waals surface area contributed by atoms with E-state index in [0.717, 1.165) is 12.2 Å². The van der Waals surface area contributed by atoms with Gasteiger partial charge in [0.15, 0.2) is 0 Å². The zero-order valence-electron chi connectivity index (χ0n) is 7.98. The summed E-state index contributed by atoms with van der Waals surface area (Å²) in [5.41, 5.74) is 8.39. The smallest absolute Gasteiger partial charge is 0.136 e. The van der Waals surface area contributed by atoms with Gasteiger partial charge in [-0.1, -0.05) is 6.07 Å². The number of rotatable bonds is 2. The molecule has 0 aliphatic heterocycles. The highest BCUT2D eigenvalue weighted by Crippen LogP contribution is 2.46. The molecule has 3 nitrogen and oxygen atoms in total. The molecule has 0 radical (unpaired) electrons. The molecule has 2 aromatic heterocycles. The molecule has 2 heterocycles. The van der Waals surface area contributed by atoms with Crippen molar-refractivity contribution < 1.29 is 0 Å². The molecule has 1 fully saturated rings. The molecule has 3 rings (SSSR count). The van der Waals surface area contributed by atoms with Crippen LogP contribution in [-0.2, 0) is 5.41 Å². The average Bonchev–Trinajstić information content (AvgIpc) is 2.87. The first-order valence-corrected chi connectivity index (χ1v) is 4.98. The van der Waals surface area contributed by atoms with Crippen LogP contribution in [0.25, 0.3) is 5.65 Å². The minimum Gasteiger partial charge on any atom is -0.330 e. The van der Waals surface area contributed by atoms with Gasteiger partial charge in [-0.05, 0) is 25.0 Å². The number of pyridine rings is 1. The highest BCUT2D eigenvalue weighted by molar-refractivity contribution is 5.43. The van der Waals surface area contributed by atoms with Crippen molar-refractivity contribution in [3.63, 3.8) is 0 Å². The Hall–Kier alpha value is -1.35. The molecule has 0 atom stereocenters. The molecule has 14 heavy (non-hydrogen) atoms. The summed E-state index contributed by atoms with van der Waals surface area (Å²) < 4.78 is 2.15. The Labute approximate surface area is 82.6 Å². The lowest BCUT2D eigenvalue weighted by molar-refractivity contribution is 0.667. The van der Waals surface area contributed by atoms with Crippen LogP contribution in [0, 0.1) is 0 Å². The lowest BCUT2D eigenvalue weighted by Gasteiger charge is -2.14. The molecule has 72 valence electrons. The number of nitrogens with zero attached hydrogens (tertiary/aromatic N) is 2. The maximum atomic E-state index is 5.83. The summed E-state index contributed by atoms with van der Waals surface area (Å²) >= 11 is 0. The fourth-order valence-electron chi connectivity index (χ4n) is 2.10. The summed E-state index contributed by atoms with van der Waals surface area (Å²) in [6.07, 6.45) is 6.27. The largest absolute Gasteiger partial charge is 0.330 e. The van der Waals surface area contributed by atoms with Crippen molar-refractivity contribution in [1.82, 2.24) is 9.38 Å². The molecular formula is C11H13N3. The highest BCUT2D eigenvalue weighted by Gasteiger charge is 2.44. The molecule has 1 aliphatic rings. The third-order valence-corrected chi connectivity index (χ3v) is 3.22. The maximum Gasteiger partial charge on any atom is 0.136 e. The summed E-state index contributed by atoms with van der Waals surface area (Å²) in [7, 11) is 0. The van der Waals surface area contributed by atoms with Gasteiger partial charge in [0.2, 0.25) is 0 Å². The van der Waals surface area contributed by atoms with Crippen molar-refractivity contribution in [1.29, 1.82) is 0 Å². The summed E-state index contributed by atoms with van der Waals surface area (Å²) in [4.78, 5) is 4.28. The molecule has 0 saturated heterocycles. The first-order chi connectivity index (χ1) is 6.86. The molecule has 0 amide bonds. The second-order valence-corrected chi connectivity index (χ2v) is 4.05. The number of hydrogen-bond acceptors (Lipinski definition) is 2. The molecule has 3 heteroatoms. The van der Waals surface area contributed by atoms with E-state index in [0.29, 0.717) is 0 Å². The Morgan fingerprint density at radius 2 is 2.29 bits per heavy atom. The summed E-state index contributed by atoms with van der Waals surface area (Å²) in [5, 5.41) is 0. The topological polar surface area (TPSA) is 43.3 Å². The number of fused-ring (bicyclic) bond motifs is 1. The van der Waals surface area contributed by atoms with E-state index in [-0.39, 0.29) is 5.41 Å². The minimum absolute atomic E-state index is 0.236. The van der Waals surface area contributed by atoms with Crippen molar-refractivity contribution in [3.05, 3.63) is 36.3 Å². The van der Waals surface area contributed by atoms with Gasteiger partial charge in [-0.2, -0.15) is 0 Å². The zero-order chi connectivity index (χ0) is 9.60. The van der Waals surface area contributed by atoms with Crippen LogP contribution in [0.4, 0.5) is 0 Å². The Morgan fingerprint density at radius 1 is 1.43 bits per heavy atom. The van der Waals surface area contributed by atoms with Crippen LogP contribution in [0.5, 0.6) is 0 Å². The fourth-order valence-corrected chi connectivity index (χ4v) is 2.10. The Morgan fingerprint density at radius 3 is 3.00 bits per heavy atom. The van der Waals surface area contributed by atoms with Crippen molar-refractivity contribution >= 4 is 5.65 Å². The van der Waals surface area contributed by atoms with E-state index in [2.05, 4.69) is 21.5 Å². The van der Waals surface area contributed by atoms with E-state index >= 15 is 0 Å². The summed E-state index contributed by atoms with van der Waals surface area (Å²) in [6, 6.07) is 6.25. The maximum absolute atomic E-state index is 5.83. The molecule has 1 saturated carbocycles. The van der Waals surface area contributed by atoms with E-state index in [4.69, 9.17) is 5.73 Å². The molecule has 0 unspecified atom stereocenters. The van der Waals surface area contributed by atoms with Crippen molar-refractivity contribution in [3.8, 4) is 0 Å². The fraction of sp³-hybridized carbons (Fsp3) is 0.364. The van der Waals surface area contributed by atoms with Crippen LogP contribution in [0.2, 0.25) is 0 Å². The van der Waals surface area contributed by atoms with E-state index in [1.165, 1.54) is 18.5 Å². The van der Waals surface area contributed by atoms with Crippen molar-refractivity contribution in [2.24, 2.45) is 5.73 Å². The van der Waals surface area contributed by atoms with Gasteiger partial charge in [-0.3, -0.25) is 0 Å². The third-order valence-electron chi connectivity index (χ3n) is 3.22. The van der Waals surface area contributed by atoms with Gasteiger partial charge in [-0.15, -0.1) is 0 Å². The van der Waals surface area contributed by atoms with Crippen LogP contribution in [0.1, 0.15) is 18.5 Å². The van der Waals surface area contributed by atoms with Crippen LogP contribution in [-0.4, -0.2) is 15.9 Å². The SMILES string of the molecule is NCC1(c2cccc3nccn23)CC1. The molecule has 2 N–H and O–H groups in total. The van der Waals surface area contributed by atoms with E-state index in [1.807, 2.05) is 18.5 Å².